The van der Waals surface area contributed by atoms with Gasteiger partial charge in [0.1, 0.15) is 5.03 Å². The molecule has 0 unspecified atom stereocenters. The molecule has 17 heavy (non-hydrogen) atoms. The van der Waals surface area contributed by atoms with Gasteiger partial charge in [0, 0.05) is 28.2 Å². The fraction of sp³-hybridized carbons (Fsp3) is 0.0909. The van der Waals surface area contributed by atoms with Crippen molar-refractivity contribution >= 4 is 35.0 Å². The number of hydrogen-bond donors (Lipinski definition) is 1. The molecule has 1 heterocycles. The first-order chi connectivity index (χ1) is 8.20. The number of nitrogens with two attached hydrogens (primary N) is 1. The van der Waals surface area contributed by atoms with Gasteiger partial charge in [0.15, 0.2) is 0 Å². The van der Waals surface area contributed by atoms with Crippen molar-refractivity contribution in [2.75, 3.05) is 0 Å². The standard InChI is InChI=1S/C11H9Cl2N3S/c12-8-1-2-9(13)10(5-8)17-11-7(6-14)3-4-15-16-11/h1-5H,6,14H2. The summed E-state index contributed by atoms with van der Waals surface area (Å²) in [7, 11) is 0. The van der Waals surface area contributed by atoms with Crippen LogP contribution in [-0.4, -0.2) is 10.2 Å². The van der Waals surface area contributed by atoms with Gasteiger partial charge in [-0.05, 0) is 24.3 Å². The van der Waals surface area contributed by atoms with Crippen LogP contribution < -0.4 is 5.73 Å². The van der Waals surface area contributed by atoms with Crippen LogP contribution in [0.15, 0.2) is 40.4 Å². The average molecular weight is 286 g/mol. The molecule has 0 aliphatic rings. The van der Waals surface area contributed by atoms with E-state index in [4.69, 9.17) is 28.9 Å². The van der Waals surface area contributed by atoms with Gasteiger partial charge in [-0.25, -0.2) is 0 Å². The normalized spacial score (nSPS) is 10.5. The van der Waals surface area contributed by atoms with Crippen LogP contribution in [0.5, 0.6) is 0 Å². The first-order valence-corrected chi connectivity index (χ1v) is 6.41. The largest absolute Gasteiger partial charge is 0.326 e. The molecule has 0 radical (unpaired) electrons. The number of aromatic nitrogens is 2. The highest BCUT2D eigenvalue weighted by molar-refractivity contribution is 7.99. The number of rotatable bonds is 3. The summed E-state index contributed by atoms with van der Waals surface area (Å²) in [6.07, 6.45) is 1.62. The van der Waals surface area contributed by atoms with E-state index in [1.807, 2.05) is 6.07 Å². The van der Waals surface area contributed by atoms with E-state index in [1.165, 1.54) is 11.8 Å². The third kappa shape index (κ3) is 3.10. The van der Waals surface area contributed by atoms with Crippen LogP contribution in [-0.2, 0) is 6.54 Å². The zero-order valence-corrected chi connectivity index (χ0v) is 11.1. The van der Waals surface area contributed by atoms with Crippen LogP contribution >= 0.6 is 35.0 Å². The van der Waals surface area contributed by atoms with E-state index in [2.05, 4.69) is 10.2 Å². The summed E-state index contributed by atoms with van der Waals surface area (Å²) in [5, 5.41) is 9.90. The van der Waals surface area contributed by atoms with Gasteiger partial charge in [-0.1, -0.05) is 35.0 Å². The lowest BCUT2D eigenvalue weighted by atomic mass is 10.3. The van der Waals surface area contributed by atoms with Crippen molar-refractivity contribution in [3.8, 4) is 0 Å². The summed E-state index contributed by atoms with van der Waals surface area (Å²) < 4.78 is 0. The minimum Gasteiger partial charge on any atom is -0.326 e. The van der Waals surface area contributed by atoms with Crippen LogP contribution in [0, 0.1) is 0 Å². The van der Waals surface area contributed by atoms with Crippen LogP contribution in [0.3, 0.4) is 0 Å². The third-order valence-corrected chi connectivity index (χ3v) is 3.86. The van der Waals surface area contributed by atoms with Gasteiger partial charge >= 0.3 is 0 Å². The molecule has 2 N–H and O–H groups in total. The monoisotopic (exact) mass is 285 g/mol. The average Bonchev–Trinajstić information content (AvgIpc) is 2.34. The first kappa shape index (κ1) is 12.6. The van der Waals surface area contributed by atoms with Crippen LogP contribution in [0.2, 0.25) is 10.0 Å². The Labute approximate surface area is 113 Å². The van der Waals surface area contributed by atoms with Gasteiger partial charge in [0.2, 0.25) is 0 Å². The zero-order chi connectivity index (χ0) is 12.3. The quantitative estimate of drug-likeness (QED) is 0.939. The molecule has 88 valence electrons. The Morgan fingerprint density at radius 3 is 2.82 bits per heavy atom. The van der Waals surface area contributed by atoms with E-state index in [1.54, 1.807) is 24.4 Å². The van der Waals surface area contributed by atoms with E-state index in [0.29, 0.717) is 16.6 Å². The van der Waals surface area contributed by atoms with Crippen molar-refractivity contribution < 1.29 is 0 Å². The molecule has 1 aromatic heterocycles. The number of nitrogens with zero attached hydrogens (tertiary/aromatic N) is 2. The Morgan fingerprint density at radius 2 is 2.06 bits per heavy atom. The first-order valence-electron chi connectivity index (χ1n) is 4.84. The van der Waals surface area contributed by atoms with Crippen molar-refractivity contribution in [1.29, 1.82) is 0 Å². The molecule has 1 aromatic carbocycles. The predicted octanol–water partition coefficient (Wildman–Crippen LogP) is 3.39. The second kappa shape index (κ2) is 5.69. The number of hydrogen-bond acceptors (Lipinski definition) is 4. The Hall–Kier alpha value is -0.810. The fourth-order valence-electron chi connectivity index (χ4n) is 1.25. The molecule has 0 aliphatic heterocycles. The smallest absolute Gasteiger partial charge is 0.128 e. The van der Waals surface area contributed by atoms with Crippen LogP contribution in [0.4, 0.5) is 0 Å². The van der Waals surface area contributed by atoms with E-state index in [0.717, 1.165) is 15.5 Å². The van der Waals surface area contributed by atoms with Crippen molar-refractivity contribution in [3.05, 3.63) is 46.1 Å². The lowest BCUT2D eigenvalue weighted by molar-refractivity contribution is 0.866. The van der Waals surface area contributed by atoms with E-state index >= 15 is 0 Å². The molecule has 0 saturated heterocycles. The summed E-state index contributed by atoms with van der Waals surface area (Å²) in [6, 6.07) is 7.14. The Bertz CT molecular complexity index is 534. The van der Waals surface area contributed by atoms with E-state index in [9.17, 15) is 0 Å². The molecule has 0 aliphatic carbocycles. The lowest BCUT2D eigenvalue weighted by Gasteiger charge is -2.06. The maximum Gasteiger partial charge on any atom is 0.128 e. The molecule has 3 nitrogen and oxygen atoms in total. The number of halogens is 2. The second-order valence-corrected chi connectivity index (χ2v) is 5.12. The molecule has 6 heteroatoms. The molecule has 0 saturated carbocycles. The minimum absolute atomic E-state index is 0.413. The topological polar surface area (TPSA) is 51.8 Å². The van der Waals surface area contributed by atoms with Crippen molar-refractivity contribution in [2.45, 2.75) is 16.5 Å². The zero-order valence-electron chi connectivity index (χ0n) is 8.73. The van der Waals surface area contributed by atoms with Gasteiger partial charge in [0.05, 0.1) is 5.02 Å². The Balaban J connectivity index is 2.34. The third-order valence-electron chi connectivity index (χ3n) is 2.09. The highest BCUT2D eigenvalue weighted by atomic mass is 35.5. The van der Waals surface area contributed by atoms with Gasteiger partial charge < -0.3 is 5.73 Å². The number of benzene rings is 1. The maximum atomic E-state index is 6.08. The summed E-state index contributed by atoms with van der Waals surface area (Å²) in [6.45, 7) is 0.413. The molecule has 0 bridgehead atoms. The van der Waals surface area contributed by atoms with Crippen LogP contribution in [0.25, 0.3) is 0 Å². The summed E-state index contributed by atoms with van der Waals surface area (Å²) in [5.74, 6) is 0. The van der Waals surface area contributed by atoms with Gasteiger partial charge in [-0.15, -0.1) is 5.10 Å². The predicted molar refractivity (Wildman–Crippen MR) is 70.5 cm³/mol. The molecule has 0 fully saturated rings. The van der Waals surface area contributed by atoms with E-state index in [-0.39, 0.29) is 0 Å². The highest BCUT2D eigenvalue weighted by Crippen LogP contribution is 2.35. The molecular weight excluding hydrogens is 277 g/mol. The van der Waals surface area contributed by atoms with Gasteiger partial charge in [-0.3, -0.25) is 0 Å². The molecular formula is C11H9Cl2N3S. The van der Waals surface area contributed by atoms with Crippen molar-refractivity contribution in [2.24, 2.45) is 5.73 Å². The highest BCUT2D eigenvalue weighted by Gasteiger charge is 2.08. The molecule has 2 aromatic rings. The summed E-state index contributed by atoms with van der Waals surface area (Å²) >= 11 is 13.4. The van der Waals surface area contributed by atoms with Crippen molar-refractivity contribution in [3.63, 3.8) is 0 Å². The van der Waals surface area contributed by atoms with Gasteiger partial charge in [-0.2, -0.15) is 5.10 Å². The van der Waals surface area contributed by atoms with Gasteiger partial charge in [0.25, 0.3) is 0 Å². The fourth-order valence-corrected chi connectivity index (χ4v) is 2.65. The van der Waals surface area contributed by atoms with Crippen molar-refractivity contribution in [1.82, 2.24) is 10.2 Å². The Morgan fingerprint density at radius 1 is 1.24 bits per heavy atom. The lowest BCUT2D eigenvalue weighted by Crippen LogP contribution is -2.00. The molecule has 0 amide bonds. The molecule has 0 spiro atoms. The Kier molecular flexibility index (Phi) is 4.23. The van der Waals surface area contributed by atoms with E-state index < -0.39 is 0 Å². The SMILES string of the molecule is NCc1ccnnc1Sc1cc(Cl)ccc1Cl. The molecule has 2 rings (SSSR count). The summed E-state index contributed by atoms with van der Waals surface area (Å²) in [4.78, 5) is 0.842. The minimum atomic E-state index is 0.413. The summed E-state index contributed by atoms with van der Waals surface area (Å²) in [5.41, 5.74) is 6.56. The van der Waals surface area contributed by atoms with Crippen LogP contribution in [0.1, 0.15) is 5.56 Å². The maximum absolute atomic E-state index is 6.08. The second-order valence-electron chi connectivity index (χ2n) is 3.24. The molecule has 0 atom stereocenters.